The zero-order chi connectivity index (χ0) is 37.6. The molecule has 1 aliphatic carbocycles. The van der Waals surface area contributed by atoms with Gasteiger partial charge in [0.15, 0.2) is 0 Å². The molecule has 282 valence electrons. The van der Waals surface area contributed by atoms with E-state index in [-0.39, 0.29) is 30.3 Å². The molecule has 1 saturated carbocycles. The highest BCUT2D eigenvalue weighted by atomic mass is 16.6. The number of ketones is 1. The van der Waals surface area contributed by atoms with Crippen molar-refractivity contribution in [3.8, 4) is 0 Å². The predicted octanol–water partition coefficient (Wildman–Crippen LogP) is 3.77. The highest BCUT2D eigenvalue weighted by Gasteiger charge is 2.70. The number of amides is 6. The largest absolute Gasteiger partial charge is 0.448 e. The van der Waals surface area contributed by atoms with E-state index in [1.807, 2.05) is 41.5 Å². The first-order valence-corrected chi connectivity index (χ1v) is 18.3. The summed E-state index contributed by atoms with van der Waals surface area (Å²) in [5, 5.41) is 11.3. The second kappa shape index (κ2) is 16.6. The van der Waals surface area contributed by atoms with E-state index >= 15 is 0 Å². The number of unbranched alkanes of at least 4 members (excludes halogenated alkanes) is 4. The van der Waals surface area contributed by atoms with Gasteiger partial charge in [-0.3, -0.25) is 19.2 Å². The third-order valence-corrected chi connectivity index (χ3v) is 10.6. The average Bonchev–Trinajstić information content (AvgIpc) is 3.36. The molecule has 6 amide bonds. The minimum Gasteiger partial charge on any atom is -0.448 e. The summed E-state index contributed by atoms with van der Waals surface area (Å²) in [5.41, 5.74) is -1.34. The normalized spacial score (nSPS) is 22.8. The van der Waals surface area contributed by atoms with Gasteiger partial charge in [-0.15, -0.1) is 6.58 Å². The van der Waals surface area contributed by atoms with Crippen LogP contribution in [0.2, 0.25) is 0 Å². The number of likely N-dealkylation sites (tertiary alicyclic amines) is 1. The molecule has 2 saturated heterocycles. The Kier molecular flexibility index (Phi) is 13.5. The number of nitrogens with one attached hydrogen (secondary N) is 4. The third kappa shape index (κ3) is 9.99. The molecule has 6 atom stereocenters. The van der Waals surface area contributed by atoms with E-state index in [4.69, 9.17) is 4.74 Å². The maximum absolute atomic E-state index is 14.4. The zero-order valence-electron chi connectivity index (χ0n) is 31.8. The van der Waals surface area contributed by atoms with Gasteiger partial charge in [0.2, 0.25) is 17.6 Å². The van der Waals surface area contributed by atoms with Crippen molar-refractivity contribution in [1.29, 1.82) is 0 Å². The Morgan fingerprint density at radius 3 is 2.20 bits per heavy atom. The maximum Gasteiger partial charge on any atom is 0.410 e. The van der Waals surface area contributed by atoms with E-state index in [1.54, 1.807) is 9.80 Å². The van der Waals surface area contributed by atoms with Crippen molar-refractivity contribution in [2.24, 2.45) is 28.1 Å². The fraction of sp³-hybridized carbons (Fsp3) is 0.784. The predicted molar refractivity (Wildman–Crippen MR) is 191 cm³/mol. The summed E-state index contributed by atoms with van der Waals surface area (Å²) in [4.78, 5) is 83.4. The summed E-state index contributed by atoms with van der Waals surface area (Å²) in [5.74, 6) is -2.44. The molecular formula is C37H62N6O7. The quantitative estimate of drug-likeness (QED) is 0.102. The Morgan fingerprint density at radius 2 is 1.64 bits per heavy atom. The highest BCUT2D eigenvalue weighted by Crippen LogP contribution is 2.65. The van der Waals surface area contributed by atoms with E-state index in [2.05, 4.69) is 48.6 Å². The number of ether oxygens (including phenoxy) is 1. The van der Waals surface area contributed by atoms with Crippen molar-refractivity contribution in [3.05, 3.63) is 12.7 Å². The molecule has 50 heavy (non-hydrogen) atoms. The molecule has 1 unspecified atom stereocenters. The first-order chi connectivity index (χ1) is 23.2. The fourth-order valence-electron chi connectivity index (χ4n) is 7.19. The van der Waals surface area contributed by atoms with Crippen LogP contribution in [0.5, 0.6) is 0 Å². The molecule has 13 nitrogen and oxygen atoms in total. The second-order valence-electron chi connectivity index (χ2n) is 16.9. The molecule has 2 aliphatic heterocycles. The summed E-state index contributed by atoms with van der Waals surface area (Å²) in [6.07, 6.45) is 6.01. The van der Waals surface area contributed by atoms with Gasteiger partial charge in [0.1, 0.15) is 18.7 Å². The van der Waals surface area contributed by atoms with Crippen molar-refractivity contribution in [2.45, 2.75) is 125 Å². The van der Waals surface area contributed by atoms with E-state index in [0.29, 0.717) is 32.5 Å². The lowest BCUT2D eigenvalue weighted by Gasteiger charge is -2.39. The SMILES string of the molecule is C=CCNC(=O)C(=O)C(CCCCCCC)NC(=O)[C@@H]1[C@@H]2[C@H](CN1C(=O)[C@@H](NC(=O)N[C@H](CN1CCOC1=O)C(C)(C)C)C(C)(C)C)C2(C)C. The van der Waals surface area contributed by atoms with Crippen LogP contribution in [0.3, 0.4) is 0 Å². The van der Waals surface area contributed by atoms with Gasteiger partial charge in [-0.05, 0) is 34.5 Å². The molecule has 0 radical (unpaired) electrons. The Labute approximate surface area is 298 Å². The number of hydrogen-bond acceptors (Lipinski definition) is 7. The van der Waals surface area contributed by atoms with Crippen LogP contribution < -0.4 is 21.3 Å². The average molecular weight is 703 g/mol. The first-order valence-electron chi connectivity index (χ1n) is 18.3. The summed E-state index contributed by atoms with van der Waals surface area (Å²) < 4.78 is 5.07. The molecule has 0 aromatic rings. The topological polar surface area (TPSA) is 166 Å². The van der Waals surface area contributed by atoms with Crippen LogP contribution in [0.1, 0.15) is 101 Å². The van der Waals surface area contributed by atoms with Gasteiger partial charge in [-0.2, -0.15) is 0 Å². The number of nitrogens with zero attached hydrogens (tertiary/aromatic N) is 2. The van der Waals surface area contributed by atoms with Crippen LogP contribution in [0.25, 0.3) is 0 Å². The number of carbonyl (C=O) groups is 6. The summed E-state index contributed by atoms with van der Waals surface area (Å²) in [7, 11) is 0. The fourth-order valence-corrected chi connectivity index (χ4v) is 7.19. The Bertz CT molecular complexity index is 1290. The number of urea groups is 1. The van der Waals surface area contributed by atoms with Gasteiger partial charge >= 0.3 is 12.1 Å². The molecule has 3 aliphatic rings. The van der Waals surface area contributed by atoms with Crippen molar-refractivity contribution in [2.75, 3.05) is 32.8 Å². The minimum absolute atomic E-state index is 0.0706. The van der Waals surface area contributed by atoms with Gasteiger partial charge < -0.3 is 35.8 Å². The molecule has 0 spiro atoms. The van der Waals surface area contributed by atoms with E-state index in [0.717, 1.165) is 25.7 Å². The lowest BCUT2D eigenvalue weighted by Crippen LogP contribution is -2.62. The van der Waals surface area contributed by atoms with Crippen molar-refractivity contribution >= 4 is 35.6 Å². The number of Topliss-reactive ketones (excluding diaryl/α,β-unsaturated/α-hetero) is 1. The van der Waals surface area contributed by atoms with E-state index in [9.17, 15) is 28.8 Å². The Hall–Kier alpha value is -3.64. The number of rotatable bonds is 17. The van der Waals surface area contributed by atoms with Gasteiger partial charge in [-0.1, -0.05) is 100 Å². The number of hydrogen-bond donors (Lipinski definition) is 4. The summed E-state index contributed by atoms with van der Waals surface area (Å²) in [6.45, 7) is 22.7. The smallest absolute Gasteiger partial charge is 0.410 e. The van der Waals surface area contributed by atoms with Crippen LogP contribution in [0.4, 0.5) is 9.59 Å². The maximum atomic E-state index is 14.4. The van der Waals surface area contributed by atoms with Crippen LogP contribution in [0.15, 0.2) is 12.7 Å². The van der Waals surface area contributed by atoms with Crippen molar-refractivity contribution < 1.29 is 33.5 Å². The molecular weight excluding hydrogens is 640 g/mol. The van der Waals surface area contributed by atoms with E-state index in [1.165, 1.54) is 6.08 Å². The number of carbonyl (C=O) groups excluding carboxylic acids is 6. The van der Waals surface area contributed by atoms with Gasteiger partial charge in [-0.25, -0.2) is 9.59 Å². The number of cyclic esters (lactones) is 1. The van der Waals surface area contributed by atoms with E-state index < -0.39 is 70.6 Å². The zero-order valence-corrected chi connectivity index (χ0v) is 31.8. The van der Waals surface area contributed by atoms with Crippen molar-refractivity contribution in [1.82, 2.24) is 31.1 Å². The molecule has 13 heteroatoms. The Morgan fingerprint density at radius 1 is 0.980 bits per heavy atom. The van der Waals surface area contributed by atoms with Crippen LogP contribution >= 0.6 is 0 Å². The molecule has 3 fully saturated rings. The lowest BCUT2D eigenvalue weighted by molar-refractivity contribution is -0.145. The second-order valence-corrected chi connectivity index (χ2v) is 16.9. The van der Waals surface area contributed by atoms with Crippen LogP contribution in [0, 0.1) is 28.1 Å². The number of fused-ring (bicyclic) bond motifs is 1. The highest BCUT2D eigenvalue weighted by molar-refractivity contribution is 6.38. The standard InChI is InChI=1S/C37H62N6O7/c1-11-13-14-15-16-17-24(28(44)31(46)38-18-12-2)39-30(45)27-26-23(37(26,9)10)21-43(27)32(47)29(36(6,7)8)41-33(48)40-25(35(3,4)5)22-42-19-20-50-34(42)49/h12,23-27,29H,2,11,13-22H2,1,3-10H3,(H,38,46)(H,39,45)(H2,40,41,48)/t23-,24?,25+,26-,27-,29+/m0/s1. The van der Waals surface area contributed by atoms with Gasteiger partial charge in [0.25, 0.3) is 5.91 Å². The van der Waals surface area contributed by atoms with Gasteiger partial charge in [0.05, 0.1) is 18.6 Å². The monoisotopic (exact) mass is 702 g/mol. The minimum atomic E-state index is -1.03. The van der Waals surface area contributed by atoms with Gasteiger partial charge in [0, 0.05) is 19.6 Å². The van der Waals surface area contributed by atoms with Crippen LogP contribution in [-0.2, 0) is 23.9 Å². The van der Waals surface area contributed by atoms with Crippen LogP contribution in [-0.4, -0.2) is 102 Å². The lowest BCUT2D eigenvalue weighted by atomic mass is 9.85. The number of piperidine rings is 1. The first kappa shape index (κ1) is 40.8. The Balaban J connectivity index is 1.81. The summed E-state index contributed by atoms with van der Waals surface area (Å²) in [6, 6.07) is -3.89. The molecule has 4 N–H and O–H groups in total. The molecule has 0 aromatic heterocycles. The molecule has 2 heterocycles. The molecule has 3 rings (SSSR count). The third-order valence-electron chi connectivity index (χ3n) is 10.6. The molecule has 0 bridgehead atoms. The molecule has 0 aromatic carbocycles. The van der Waals surface area contributed by atoms with Crippen molar-refractivity contribution in [3.63, 3.8) is 0 Å². The summed E-state index contributed by atoms with van der Waals surface area (Å²) >= 11 is 0.